The van der Waals surface area contributed by atoms with E-state index in [0.29, 0.717) is 0 Å². The van der Waals surface area contributed by atoms with Crippen LogP contribution in [0.3, 0.4) is 0 Å². The summed E-state index contributed by atoms with van der Waals surface area (Å²) in [4.78, 5) is 4.50. The summed E-state index contributed by atoms with van der Waals surface area (Å²) in [5, 5.41) is 7.40. The molecule has 0 fully saturated rings. The number of hydrogen-bond donors (Lipinski definition) is 1. The minimum absolute atomic E-state index is 1.09. The molecule has 0 saturated heterocycles. The molecule has 0 radical (unpaired) electrons. The molecule has 3 aromatic rings. The van der Waals surface area contributed by atoms with Crippen LogP contribution in [0.15, 0.2) is 48.8 Å². The van der Waals surface area contributed by atoms with Gasteiger partial charge in [-0.3, -0.25) is 10.1 Å². The van der Waals surface area contributed by atoms with Crippen molar-refractivity contribution >= 4 is 0 Å². The van der Waals surface area contributed by atoms with Crippen LogP contribution >= 0.6 is 0 Å². The molecule has 98 valence electrons. The minimum atomic E-state index is 1.09. The van der Waals surface area contributed by atoms with Crippen molar-refractivity contribution in [2.75, 3.05) is 0 Å². The van der Waals surface area contributed by atoms with Crippen molar-refractivity contribution in [2.24, 2.45) is 0 Å². The zero-order chi connectivity index (χ0) is 13.4. The Labute approximate surface area is 117 Å². The van der Waals surface area contributed by atoms with Gasteiger partial charge in [-0.1, -0.05) is 30.3 Å². The van der Waals surface area contributed by atoms with Crippen molar-refractivity contribution in [1.29, 1.82) is 0 Å². The second-order valence-corrected chi connectivity index (χ2v) is 5.16. The molecule has 0 bridgehead atoms. The molecule has 0 atom stereocenters. The van der Waals surface area contributed by atoms with Crippen LogP contribution in [0.1, 0.15) is 17.7 Å². The van der Waals surface area contributed by atoms with Crippen molar-refractivity contribution in [3.8, 4) is 22.4 Å². The summed E-state index contributed by atoms with van der Waals surface area (Å²) < 4.78 is 0. The fourth-order valence-electron chi connectivity index (χ4n) is 3.03. The number of aromatic amines is 1. The summed E-state index contributed by atoms with van der Waals surface area (Å²) in [6.45, 7) is 0. The van der Waals surface area contributed by atoms with Gasteiger partial charge in [0, 0.05) is 23.0 Å². The zero-order valence-corrected chi connectivity index (χ0v) is 11.1. The zero-order valence-electron chi connectivity index (χ0n) is 11.1. The van der Waals surface area contributed by atoms with Gasteiger partial charge in [-0.25, -0.2) is 0 Å². The fourth-order valence-corrected chi connectivity index (χ4v) is 3.03. The van der Waals surface area contributed by atoms with Crippen molar-refractivity contribution in [1.82, 2.24) is 15.2 Å². The van der Waals surface area contributed by atoms with Crippen LogP contribution in [0.5, 0.6) is 0 Å². The van der Waals surface area contributed by atoms with Crippen LogP contribution in [-0.2, 0) is 12.8 Å². The number of H-pyrrole nitrogens is 1. The van der Waals surface area contributed by atoms with Crippen molar-refractivity contribution < 1.29 is 0 Å². The normalized spacial score (nSPS) is 13.4. The first-order chi connectivity index (χ1) is 9.93. The molecule has 0 spiro atoms. The predicted molar refractivity (Wildman–Crippen MR) is 79.3 cm³/mol. The predicted octanol–water partition coefficient (Wildman–Crippen LogP) is 3.63. The van der Waals surface area contributed by atoms with E-state index in [4.69, 9.17) is 0 Å². The number of aryl methyl sites for hydroxylation is 1. The average molecular weight is 261 g/mol. The Hall–Kier alpha value is -2.42. The Balaban J connectivity index is 1.89. The van der Waals surface area contributed by atoms with E-state index >= 15 is 0 Å². The second kappa shape index (κ2) is 4.60. The minimum Gasteiger partial charge on any atom is -0.277 e. The third-order valence-corrected chi connectivity index (χ3v) is 3.98. The summed E-state index contributed by atoms with van der Waals surface area (Å²) in [6, 6.07) is 12.5. The highest BCUT2D eigenvalue weighted by molar-refractivity contribution is 5.82. The molecular weight excluding hydrogens is 246 g/mol. The van der Waals surface area contributed by atoms with E-state index in [-0.39, 0.29) is 0 Å². The lowest BCUT2D eigenvalue weighted by molar-refractivity contribution is 0.899. The molecule has 1 aliphatic rings. The van der Waals surface area contributed by atoms with E-state index in [0.717, 1.165) is 18.5 Å². The molecule has 0 aliphatic heterocycles. The van der Waals surface area contributed by atoms with E-state index in [1.165, 1.54) is 34.4 Å². The Morgan fingerprint density at radius 2 is 1.85 bits per heavy atom. The van der Waals surface area contributed by atoms with E-state index in [1.807, 2.05) is 18.5 Å². The fraction of sp³-hybridized carbons (Fsp3) is 0.176. The standard InChI is InChI=1S/C17H15N3/c1-2-5-12(6-3-1)17-15(11-19-20-17)13-9-10-18-16-8-4-7-14(13)16/h1-3,5-6,9-11H,4,7-8H2,(H,19,20). The third-order valence-electron chi connectivity index (χ3n) is 3.98. The van der Waals surface area contributed by atoms with Crippen molar-refractivity contribution in [2.45, 2.75) is 19.3 Å². The quantitative estimate of drug-likeness (QED) is 0.765. The first-order valence-electron chi connectivity index (χ1n) is 6.99. The van der Waals surface area contributed by atoms with E-state index in [9.17, 15) is 0 Å². The lowest BCUT2D eigenvalue weighted by Gasteiger charge is -2.08. The van der Waals surface area contributed by atoms with Crippen molar-refractivity contribution in [3.05, 3.63) is 60.0 Å². The number of pyridine rings is 1. The molecule has 1 aliphatic carbocycles. The maximum atomic E-state index is 4.50. The van der Waals surface area contributed by atoms with E-state index < -0.39 is 0 Å². The van der Waals surface area contributed by atoms with Gasteiger partial charge in [0.15, 0.2) is 0 Å². The molecule has 0 unspecified atom stereocenters. The van der Waals surface area contributed by atoms with Gasteiger partial charge in [0.25, 0.3) is 0 Å². The second-order valence-electron chi connectivity index (χ2n) is 5.16. The lowest BCUT2D eigenvalue weighted by atomic mass is 9.97. The number of hydrogen-bond acceptors (Lipinski definition) is 2. The number of rotatable bonds is 2. The Morgan fingerprint density at radius 1 is 0.950 bits per heavy atom. The molecule has 2 heterocycles. The highest BCUT2D eigenvalue weighted by Gasteiger charge is 2.19. The number of aromatic nitrogens is 3. The van der Waals surface area contributed by atoms with Crippen LogP contribution in [-0.4, -0.2) is 15.2 Å². The highest BCUT2D eigenvalue weighted by atomic mass is 15.1. The van der Waals surface area contributed by atoms with Crippen LogP contribution in [0, 0.1) is 0 Å². The number of nitrogens with one attached hydrogen (secondary N) is 1. The van der Waals surface area contributed by atoms with Gasteiger partial charge in [0.2, 0.25) is 0 Å². The first kappa shape index (κ1) is 11.4. The summed E-state index contributed by atoms with van der Waals surface area (Å²) in [6.07, 6.45) is 7.27. The van der Waals surface area contributed by atoms with Gasteiger partial charge < -0.3 is 0 Å². The molecule has 0 amide bonds. The molecule has 20 heavy (non-hydrogen) atoms. The molecular formula is C17H15N3. The maximum Gasteiger partial charge on any atom is 0.0728 e. The molecule has 3 heteroatoms. The summed E-state index contributed by atoms with van der Waals surface area (Å²) in [7, 11) is 0. The SMILES string of the molecule is c1ccc(-c2[nH]ncc2-c2ccnc3c2CCC3)cc1. The Morgan fingerprint density at radius 3 is 2.75 bits per heavy atom. The van der Waals surface area contributed by atoms with Crippen LogP contribution in [0.25, 0.3) is 22.4 Å². The van der Waals surface area contributed by atoms with Gasteiger partial charge in [0.05, 0.1) is 11.9 Å². The number of nitrogens with zero attached hydrogens (tertiary/aromatic N) is 2. The first-order valence-corrected chi connectivity index (χ1v) is 6.99. The highest BCUT2D eigenvalue weighted by Crippen LogP contribution is 2.35. The average Bonchev–Trinajstić information content (AvgIpc) is 3.16. The van der Waals surface area contributed by atoms with Gasteiger partial charge >= 0.3 is 0 Å². The number of benzene rings is 1. The maximum absolute atomic E-state index is 4.50. The van der Waals surface area contributed by atoms with Gasteiger partial charge in [-0.05, 0) is 36.5 Å². The van der Waals surface area contributed by atoms with Crippen LogP contribution in [0.2, 0.25) is 0 Å². The molecule has 2 aromatic heterocycles. The molecule has 1 aromatic carbocycles. The molecule has 3 nitrogen and oxygen atoms in total. The molecule has 0 saturated carbocycles. The van der Waals surface area contributed by atoms with Gasteiger partial charge in [-0.15, -0.1) is 0 Å². The Bertz CT molecular complexity index is 744. The summed E-state index contributed by atoms with van der Waals surface area (Å²) in [5.41, 5.74) is 7.36. The summed E-state index contributed by atoms with van der Waals surface area (Å²) >= 11 is 0. The van der Waals surface area contributed by atoms with E-state index in [1.54, 1.807) is 0 Å². The van der Waals surface area contributed by atoms with E-state index in [2.05, 4.69) is 45.5 Å². The van der Waals surface area contributed by atoms with Crippen molar-refractivity contribution in [3.63, 3.8) is 0 Å². The Kier molecular flexibility index (Phi) is 2.62. The summed E-state index contributed by atoms with van der Waals surface area (Å²) in [5.74, 6) is 0. The molecule has 1 N–H and O–H groups in total. The van der Waals surface area contributed by atoms with Gasteiger partial charge in [-0.2, -0.15) is 5.10 Å². The lowest BCUT2D eigenvalue weighted by Crippen LogP contribution is -1.92. The van der Waals surface area contributed by atoms with Crippen LogP contribution < -0.4 is 0 Å². The van der Waals surface area contributed by atoms with Crippen LogP contribution in [0.4, 0.5) is 0 Å². The largest absolute Gasteiger partial charge is 0.277 e. The number of fused-ring (bicyclic) bond motifs is 1. The molecule has 4 rings (SSSR count). The topological polar surface area (TPSA) is 41.6 Å². The monoisotopic (exact) mass is 261 g/mol. The third kappa shape index (κ3) is 1.74. The van der Waals surface area contributed by atoms with Gasteiger partial charge in [0.1, 0.15) is 0 Å². The smallest absolute Gasteiger partial charge is 0.0728 e.